The van der Waals surface area contributed by atoms with Crippen LogP contribution in [0.5, 0.6) is 17.4 Å². The first-order valence-electron chi connectivity index (χ1n) is 5.69. The minimum absolute atomic E-state index is 0.234. The van der Waals surface area contributed by atoms with E-state index in [0.717, 1.165) is 0 Å². The molecule has 0 spiro atoms. The van der Waals surface area contributed by atoms with Gasteiger partial charge in [0.1, 0.15) is 11.5 Å². The Morgan fingerprint density at radius 2 is 1.90 bits per heavy atom. The molecule has 1 atom stereocenters. The number of rotatable bonds is 5. The molecule has 0 bridgehead atoms. The fraction of sp³-hybridized carbons (Fsp3) is 0.154. The second-order valence-corrected chi connectivity index (χ2v) is 4.24. The number of nitrogens with zero attached hydrogens (tertiary/aromatic N) is 2. The number of halogens is 1. The first kappa shape index (κ1) is 14.1. The lowest BCUT2D eigenvalue weighted by Gasteiger charge is -2.10. The van der Waals surface area contributed by atoms with Crippen molar-refractivity contribution in [2.45, 2.75) is 13.0 Å². The van der Waals surface area contributed by atoms with E-state index in [1.807, 2.05) is 0 Å². The predicted octanol–water partition coefficient (Wildman–Crippen LogP) is 2.77. The summed E-state index contributed by atoms with van der Waals surface area (Å²) in [5.74, 6) is 0.186. The summed E-state index contributed by atoms with van der Waals surface area (Å²) in [5, 5.41) is 8.98. The van der Waals surface area contributed by atoms with Gasteiger partial charge in [0.15, 0.2) is 11.3 Å². The van der Waals surface area contributed by atoms with Gasteiger partial charge >= 0.3 is 5.97 Å². The van der Waals surface area contributed by atoms with Crippen molar-refractivity contribution in [3.63, 3.8) is 0 Å². The van der Waals surface area contributed by atoms with E-state index in [-0.39, 0.29) is 11.0 Å². The van der Waals surface area contributed by atoms with Crippen LogP contribution in [0.1, 0.15) is 6.92 Å². The molecule has 0 aliphatic heterocycles. The van der Waals surface area contributed by atoms with Crippen LogP contribution < -0.4 is 9.47 Å². The van der Waals surface area contributed by atoms with Crippen molar-refractivity contribution in [3.05, 3.63) is 41.8 Å². The summed E-state index contributed by atoms with van der Waals surface area (Å²) in [7, 11) is 0. The zero-order valence-electron chi connectivity index (χ0n) is 10.5. The summed E-state index contributed by atoms with van der Waals surface area (Å²) < 4.78 is 10.6. The van der Waals surface area contributed by atoms with Crippen LogP contribution in [-0.2, 0) is 4.79 Å². The van der Waals surface area contributed by atoms with E-state index >= 15 is 0 Å². The maximum Gasteiger partial charge on any atom is 0.344 e. The average Bonchev–Trinajstić information content (AvgIpc) is 2.41. The number of hydrogen-bond donors (Lipinski definition) is 1. The van der Waals surface area contributed by atoms with Crippen LogP contribution >= 0.6 is 11.6 Å². The van der Waals surface area contributed by atoms with Crippen LogP contribution in [-0.4, -0.2) is 27.1 Å². The minimum atomic E-state index is -1.03. The number of hydrogen-bond acceptors (Lipinski definition) is 5. The van der Waals surface area contributed by atoms with Crippen molar-refractivity contribution < 1.29 is 19.4 Å². The van der Waals surface area contributed by atoms with E-state index in [9.17, 15) is 4.79 Å². The lowest BCUT2D eigenvalue weighted by atomic mass is 10.3. The zero-order valence-corrected chi connectivity index (χ0v) is 11.2. The molecule has 0 fully saturated rings. The Bertz CT molecular complexity index is 604. The van der Waals surface area contributed by atoms with Crippen molar-refractivity contribution in [2.24, 2.45) is 0 Å². The number of aromatic nitrogens is 2. The monoisotopic (exact) mass is 294 g/mol. The van der Waals surface area contributed by atoms with Crippen molar-refractivity contribution >= 4 is 17.6 Å². The van der Waals surface area contributed by atoms with Crippen LogP contribution in [0.15, 0.2) is 36.7 Å². The molecule has 104 valence electrons. The molecule has 1 N–H and O–H groups in total. The van der Waals surface area contributed by atoms with Crippen molar-refractivity contribution in [3.8, 4) is 17.4 Å². The molecule has 0 aliphatic carbocycles. The highest BCUT2D eigenvalue weighted by molar-refractivity contribution is 6.29. The number of benzene rings is 1. The van der Waals surface area contributed by atoms with Crippen molar-refractivity contribution in [1.82, 2.24) is 9.97 Å². The van der Waals surface area contributed by atoms with Gasteiger partial charge < -0.3 is 14.6 Å². The third-order valence-electron chi connectivity index (χ3n) is 2.29. The molecule has 0 saturated carbocycles. The highest BCUT2D eigenvalue weighted by Gasteiger charge is 2.12. The highest BCUT2D eigenvalue weighted by atomic mass is 35.5. The third kappa shape index (κ3) is 3.83. The van der Waals surface area contributed by atoms with Gasteiger partial charge in [-0.2, -0.15) is 4.98 Å². The molecule has 6 nitrogen and oxygen atoms in total. The van der Waals surface area contributed by atoms with Gasteiger partial charge in [-0.15, -0.1) is 0 Å². The Morgan fingerprint density at radius 1 is 1.25 bits per heavy atom. The van der Waals surface area contributed by atoms with Crippen molar-refractivity contribution in [1.29, 1.82) is 0 Å². The summed E-state index contributed by atoms with van der Waals surface area (Å²) in [6.45, 7) is 1.45. The first-order chi connectivity index (χ1) is 9.54. The van der Waals surface area contributed by atoms with Gasteiger partial charge in [-0.05, 0) is 31.2 Å². The fourth-order valence-corrected chi connectivity index (χ4v) is 1.48. The fourth-order valence-electron chi connectivity index (χ4n) is 1.34. The molecule has 0 amide bonds. The van der Waals surface area contributed by atoms with E-state index in [1.54, 1.807) is 24.3 Å². The Labute approximate surface area is 120 Å². The minimum Gasteiger partial charge on any atom is -0.479 e. The van der Waals surface area contributed by atoms with Crippen LogP contribution in [0, 0.1) is 0 Å². The van der Waals surface area contributed by atoms with Crippen LogP contribution in [0.2, 0.25) is 5.15 Å². The van der Waals surface area contributed by atoms with Gasteiger partial charge in [-0.1, -0.05) is 11.6 Å². The van der Waals surface area contributed by atoms with Gasteiger partial charge in [0.05, 0.1) is 12.4 Å². The van der Waals surface area contributed by atoms with Crippen LogP contribution in [0.4, 0.5) is 0 Å². The summed E-state index contributed by atoms with van der Waals surface area (Å²) in [5.41, 5.74) is 0. The van der Waals surface area contributed by atoms with E-state index in [2.05, 4.69) is 9.97 Å². The van der Waals surface area contributed by atoms with E-state index in [1.165, 1.54) is 19.3 Å². The molecule has 1 unspecified atom stereocenters. The Hall–Kier alpha value is -2.34. The summed E-state index contributed by atoms with van der Waals surface area (Å²) >= 11 is 5.69. The summed E-state index contributed by atoms with van der Waals surface area (Å²) in [4.78, 5) is 18.4. The smallest absolute Gasteiger partial charge is 0.344 e. The number of carboxylic acid groups (broad SMARTS) is 1. The number of aliphatic carboxylic acids is 1. The van der Waals surface area contributed by atoms with E-state index < -0.39 is 12.1 Å². The SMILES string of the molecule is CC(Oc1ccc(Oc2cncc(Cl)n2)cc1)C(=O)O. The van der Waals surface area contributed by atoms with Gasteiger partial charge in [-0.3, -0.25) is 4.98 Å². The lowest BCUT2D eigenvalue weighted by Crippen LogP contribution is -2.22. The number of carboxylic acids is 1. The molecular weight excluding hydrogens is 284 g/mol. The van der Waals surface area contributed by atoms with Crippen LogP contribution in [0.25, 0.3) is 0 Å². The standard InChI is InChI=1S/C13H11ClN2O4/c1-8(13(17)18)19-9-2-4-10(5-3-9)20-12-7-15-6-11(14)16-12/h2-8H,1H3,(H,17,18). The highest BCUT2D eigenvalue weighted by Crippen LogP contribution is 2.23. The summed E-state index contributed by atoms with van der Waals surface area (Å²) in [6, 6.07) is 6.47. The van der Waals surface area contributed by atoms with Gasteiger partial charge in [-0.25, -0.2) is 4.79 Å². The Balaban J connectivity index is 2.03. The Kier molecular flexibility index (Phi) is 4.37. The molecule has 2 aromatic rings. The second kappa shape index (κ2) is 6.21. The summed E-state index contributed by atoms with van der Waals surface area (Å²) in [6.07, 6.45) is 1.92. The molecule has 1 aromatic carbocycles. The largest absolute Gasteiger partial charge is 0.479 e. The second-order valence-electron chi connectivity index (χ2n) is 3.85. The van der Waals surface area contributed by atoms with Gasteiger partial charge in [0, 0.05) is 0 Å². The predicted molar refractivity (Wildman–Crippen MR) is 71.3 cm³/mol. The normalized spacial score (nSPS) is 11.7. The Morgan fingerprint density at radius 3 is 2.50 bits per heavy atom. The molecule has 2 rings (SSSR count). The molecular formula is C13H11ClN2O4. The number of ether oxygens (including phenoxy) is 2. The van der Waals surface area contributed by atoms with E-state index in [0.29, 0.717) is 11.5 Å². The third-order valence-corrected chi connectivity index (χ3v) is 2.47. The molecule has 0 saturated heterocycles. The lowest BCUT2D eigenvalue weighted by molar-refractivity contribution is -0.144. The maximum absolute atomic E-state index is 10.7. The molecule has 1 aromatic heterocycles. The van der Waals surface area contributed by atoms with E-state index in [4.69, 9.17) is 26.2 Å². The topological polar surface area (TPSA) is 81.5 Å². The molecule has 0 aliphatic rings. The maximum atomic E-state index is 10.7. The zero-order chi connectivity index (χ0) is 14.5. The van der Waals surface area contributed by atoms with Crippen LogP contribution in [0.3, 0.4) is 0 Å². The molecule has 0 radical (unpaired) electrons. The van der Waals surface area contributed by atoms with Gasteiger partial charge in [0.2, 0.25) is 5.88 Å². The first-order valence-corrected chi connectivity index (χ1v) is 6.07. The van der Waals surface area contributed by atoms with Crippen molar-refractivity contribution in [2.75, 3.05) is 0 Å². The molecule has 20 heavy (non-hydrogen) atoms. The quantitative estimate of drug-likeness (QED) is 0.913. The average molecular weight is 295 g/mol. The number of carbonyl (C=O) groups is 1. The molecule has 7 heteroatoms. The van der Waals surface area contributed by atoms with Gasteiger partial charge in [0.25, 0.3) is 0 Å². The molecule has 1 heterocycles.